The number of piperidine rings is 1. The van der Waals surface area contributed by atoms with Crippen molar-refractivity contribution in [3.63, 3.8) is 0 Å². The molecule has 0 aliphatic carbocycles. The van der Waals surface area contributed by atoms with Gasteiger partial charge < -0.3 is 11.1 Å². The van der Waals surface area contributed by atoms with Gasteiger partial charge in [0.05, 0.1) is 12.5 Å². The Labute approximate surface area is 136 Å². The number of carbonyl (C=O) groups is 2. The van der Waals surface area contributed by atoms with Crippen molar-refractivity contribution in [3.05, 3.63) is 23.3 Å². The van der Waals surface area contributed by atoms with E-state index in [9.17, 15) is 9.59 Å². The topological polar surface area (TPSA) is 101 Å². The van der Waals surface area contributed by atoms with E-state index in [1.807, 2.05) is 24.8 Å². The normalized spacial score (nSPS) is 18.6. The van der Waals surface area contributed by atoms with E-state index in [1.165, 1.54) is 0 Å². The van der Waals surface area contributed by atoms with Crippen molar-refractivity contribution in [1.29, 1.82) is 0 Å². The van der Waals surface area contributed by atoms with Crippen molar-refractivity contribution in [2.75, 3.05) is 26.2 Å². The van der Waals surface area contributed by atoms with Crippen LogP contribution in [0.2, 0.25) is 0 Å². The highest BCUT2D eigenvalue weighted by molar-refractivity contribution is 5.79. The minimum atomic E-state index is -0.349. The summed E-state index contributed by atoms with van der Waals surface area (Å²) < 4.78 is 0. The Morgan fingerprint density at radius 2 is 2.04 bits per heavy atom. The lowest BCUT2D eigenvalue weighted by atomic mass is 9.97. The second kappa shape index (κ2) is 8.01. The number of aryl methyl sites for hydroxylation is 2. The molecule has 1 unspecified atom stereocenters. The minimum absolute atomic E-state index is 0.0311. The number of rotatable bonds is 6. The Hall–Kier alpha value is -2.02. The highest BCUT2D eigenvalue weighted by Gasteiger charge is 2.26. The fourth-order valence-electron chi connectivity index (χ4n) is 2.99. The van der Waals surface area contributed by atoms with Crippen LogP contribution in [0.5, 0.6) is 0 Å². The van der Waals surface area contributed by atoms with Crippen LogP contribution in [-0.2, 0) is 16.0 Å². The third-order valence-electron chi connectivity index (χ3n) is 3.93. The Morgan fingerprint density at radius 1 is 1.35 bits per heavy atom. The van der Waals surface area contributed by atoms with Crippen LogP contribution in [0.3, 0.4) is 0 Å². The number of hydrogen-bond donors (Lipinski definition) is 2. The molecule has 1 aromatic heterocycles. The van der Waals surface area contributed by atoms with Crippen molar-refractivity contribution in [2.45, 2.75) is 33.1 Å². The summed E-state index contributed by atoms with van der Waals surface area (Å²) in [7, 11) is 0. The van der Waals surface area contributed by atoms with Crippen molar-refractivity contribution in [3.8, 4) is 0 Å². The first kappa shape index (κ1) is 17.3. The van der Waals surface area contributed by atoms with Crippen molar-refractivity contribution in [1.82, 2.24) is 20.2 Å². The molecular formula is C16H25N5O2. The fourth-order valence-corrected chi connectivity index (χ4v) is 2.99. The van der Waals surface area contributed by atoms with E-state index < -0.39 is 0 Å². The molecule has 1 aliphatic rings. The predicted molar refractivity (Wildman–Crippen MR) is 86.6 cm³/mol. The molecule has 1 aliphatic heterocycles. The Bertz CT molecular complexity index is 555. The molecule has 0 spiro atoms. The van der Waals surface area contributed by atoms with Crippen LogP contribution in [0.1, 0.15) is 30.1 Å². The molecule has 23 heavy (non-hydrogen) atoms. The monoisotopic (exact) mass is 319 g/mol. The van der Waals surface area contributed by atoms with E-state index in [-0.39, 0.29) is 24.3 Å². The number of nitrogens with one attached hydrogen (secondary N) is 1. The molecular weight excluding hydrogens is 294 g/mol. The zero-order valence-corrected chi connectivity index (χ0v) is 13.8. The van der Waals surface area contributed by atoms with Gasteiger partial charge in [0.15, 0.2) is 0 Å². The van der Waals surface area contributed by atoms with Gasteiger partial charge >= 0.3 is 0 Å². The zero-order chi connectivity index (χ0) is 16.8. The van der Waals surface area contributed by atoms with Crippen LogP contribution in [0.25, 0.3) is 0 Å². The maximum absolute atomic E-state index is 12.3. The van der Waals surface area contributed by atoms with E-state index in [0.29, 0.717) is 19.5 Å². The Kier molecular flexibility index (Phi) is 6.04. The first-order valence-corrected chi connectivity index (χ1v) is 8.03. The van der Waals surface area contributed by atoms with Gasteiger partial charge in [0.1, 0.15) is 5.82 Å². The summed E-state index contributed by atoms with van der Waals surface area (Å²) in [5.74, 6) is 0.353. The van der Waals surface area contributed by atoms with Gasteiger partial charge in [-0.15, -0.1) is 0 Å². The SMILES string of the molecule is Cc1cc(C)nc(CCNC(=O)C2CCCN(CC(N)=O)C2)n1. The average Bonchev–Trinajstić information content (AvgIpc) is 2.45. The molecule has 0 bridgehead atoms. The molecule has 7 heteroatoms. The summed E-state index contributed by atoms with van der Waals surface area (Å²) in [6.45, 7) is 6.03. The summed E-state index contributed by atoms with van der Waals surface area (Å²) in [5.41, 5.74) is 7.10. The summed E-state index contributed by atoms with van der Waals surface area (Å²) in [6, 6.07) is 1.93. The highest BCUT2D eigenvalue weighted by atomic mass is 16.2. The lowest BCUT2D eigenvalue weighted by Crippen LogP contribution is -2.46. The zero-order valence-electron chi connectivity index (χ0n) is 13.8. The molecule has 1 aromatic rings. The maximum atomic E-state index is 12.3. The molecule has 126 valence electrons. The van der Waals surface area contributed by atoms with Gasteiger partial charge in [-0.3, -0.25) is 14.5 Å². The van der Waals surface area contributed by atoms with E-state index in [2.05, 4.69) is 15.3 Å². The molecule has 1 atom stereocenters. The largest absolute Gasteiger partial charge is 0.369 e. The van der Waals surface area contributed by atoms with Crippen LogP contribution in [0, 0.1) is 19.8 Å². The quantitative estimate of drug-likeness (QED) is 0.765. The maximum Gasteiger partial charge on any atom is 0.231 e. The van der Waals surface area contributed by atoms with Gasteiger partial charge in [0, 0.05) is 30.9 Å². The van der Waals surface area contributed by atoms with Gasteiger partial charge in [0.2, 0.25) is 11.8 Å². The second-order valence-electron chi connectivity index (χ2n) is 6.15. The van der Waals surface area contributed by atoms with Gasteiger partial charge in [-0.2, -0.15) is 0 Å². The van der Waals surface area contributed by atoms with Gasteiger partial charge in [0.25, 0.3) is 0 Å². The van der Waals surface area contributed by atoms with Crippen molar-refractivity contribution < 1.29 is 9.59 Å². The van der Waals surface area contributed by atoms with E-state index in [0.717, 1.165) is 36.6 Å². The first-order chi connectivity index (χ1) is 10.9. The van der Waals surface area contributed by atoms with E-state index in [4.69, 9.17) is 5.73 Å². The molecule has 0 aromatic carbocycles. The summed E-state index contributed by atoms with van der Waals surface area (Å²) in [5, 5.41) is 2.95. The van der Waals surface area contributed by atoms with Crippen LogP contribution < -0.4 is 11.1 Å². The lowest BCUT2D eigenvalue weighted by molar-refractivity contribution is -0.128. The third-order valence-corrected chi connectivity index (χ3v) is 3.93. The molecule has 1 fully saturated rings. The van der Waals surface area contributed by atoms with Crippen molar-refractivity contribution >= 4 is 11.8 Å². The van der Waals surface area contributed by atoms with Gasteiger partial charge in [-0.05, 0) is 39.3 Å². The van der Waals surface area contributed by atoms with Gasteiger partial charge in [-0.1, -0.05) is 0 Å². The number of aromatic nitrogens is 2. The van der Waals surface area contributed by atoms with Gasteiger partial charge in [-0.25, -0.2) is 9.97 Å². The minimum Gasteiger partial charge on any atom is -0.369 e. The molecule has 2 heterocycles. The standard InChI is InChI=1S/C16H25N5O2/c1-11-8-12(2)20-15(19-11)5-6-18-16(23)13-4-3-7-21(9-13)10-14(17)22/h8,13H,3-7,9-10H2,1-2H3,(H2,17,22)(H,18,23). The number of primary amides is 1. The molecule has 0 radical (unpaired) electrons. The van der Waals surface area contributed by atoms with E-state index in [1.54, 1.807) is 0 Å². The second-order valence-corrected chi connectivity index (χ2v) is 6.15. The fraction of sp³-hybridized carbons (Fsp3) is 0.625. The molecule has 0 saturated carbocycles. The number of hydrogen-bond acceptors (Lipinski definition) is 5. The Morgan fingerprint density at radius 3 is 2.70 bits per heavy atom. The Balaban J connectivity index is 1.79. The predicted octanol–water partition coefficient (Wildman–Crippen LogP) is -0.0506. The first-order valence-electron chi connectivity index (χ1n) is 8.03. The molecule has 2 amide bonds. The lowest BCUT2D eigenvalue weighted by Gasteiger charge is -2.30. The van der Waals surface area contributed by atoms with Crippen LogP contribution in [0.15, 0.2) is 6.07 Å². The molecule has 7 nitrogen and oxygen atoms in total. The number of nitrogens with zero attached hydrogens (tertiary/aromatic N) is 3. The number of carbonyl (C=O) groups excluding carboxylic acids is 2. The third kappa shape index (κ3) is 5.59. The van der Waals surface area contributed by atoms with Crippen LogP contribution >= 0.6 is 0 Å². The van der Waals surface area contributed by atoms with Crippen LogP contribution in [-0.4, -0.2) is 52.9 Å². The number of likely N-dealkylation sites (tertiary alicyclic amines) is 1. The van der Waals surface area contributed by atoms with E-state index >= 15 is 0 Å². The number of nitrogens with two attached hydrogens (primary N) is 1. The molecule has 3 N–H and O–H groups in total. The summed E-state index contributed by atoms with van der Waals surface area (Å²) in [6.07, 6.45) is 2.37. The van der Waals surface area contributed by atoms with Crippen molar-refractivity contribution in [2.24, 2.45) is 11.7 Å². The summed E-state index contributed by atoms with van der Waals surface area (Å²) in [4.78, 5) is 33.9. The molecule has 2 rings (SSSR count). The summed E-state index contributed by atoms with van der Waals surface area (Å²) >= 11 is 0. The number of amides is 2. The average molecular weight is 319 g/mol. The smallest absolute Gasteiger partial charge is 0.231 e. The van der Waals surface area contributed by atoms with Crippen LogP contribution in [0.4, 0.5) is 0 Å². The molecule has 1 saturated heterocycles. The highest BCUT2D eigenvalue weighted by Crippen LogP contribution is 2.16.